The van der Waals surface area contributed by atoms with E-state index >= 15 is 0 Å². The number of nitrogens with zero attached hydrogens (tertiary/aromatic N) is 13. The number of aromatic amines is 1. The molecule has 2 aliphatic heterocycles. The van der Waals surface area contributed by atoms with Crippen LogP contribution in [0.3, 0.4) is 0 Å². The first-order valence-electron chi connectivity index (χ1n) is 28.1. The highest BCUT2D eigenvalue weighted by molar-refractivity contribution is 6.76. The lowest BCUT2D eigenvalue weighted by Crippen LogP contribution is -2.26. The Balaban J connectivity index is 0.000000154. The molecule has 10 heterocycles. The van der Waals surface area contributed by atoms with Crippen molar-refractivity contribution in [1.82, 2.24) is 69.1 Å². The fraction of sp³-hybridized carbons (Fsp3) is 0.355. The van der Waals surface area contributed by atoms with Crippen molar-refractivity contribution in [3.8, 4) is 22.5 Å². The maximum atomic E-state index is 6.11. The van der Waals surface area contributed by atoms with Crippen molar-refractivity contribution in [3.05, 3.63) is 144 Å². The molecule has 2 atom stereocenters. The third-order valence-corrected chi connectivity index (χ3v) is 18.4. The number of nitrogens with one attached hydrogen (secondary N) is 1. The predicted molar refractivity (Wildman–Crippen MR) is 317 cm³/mol. The smallest absolute Gasteiger partial charge is 0.139 e. The van der Waals surface area contributed by atoms with Gasteiger partial charge in [-0.2, -0.15) is 10.2 Å². The van der Waals surface area contributed by atoms with Crippen molar-refractivity contribution in [3.63, 3.8) is 0 Å². The summed E-state index contributed by atoms with van der Waals surface area (Å²) < 4.78 is 28.4. The van der Waals surface area contributed by atoms with Gasteiger partial charge in [-0.3, -0.25) is 15.1 Å². The van der Waals surface area contributed by atoms with Crippen LogP contribution in [0, 0.1) is 25.7 Å². The number of hydrogen-bond donors (Lipinski definition) is 1. The lowest BCUT2D eigenvalue weighted by atomic mass is 9.86. The summed E-state index contributed by atoms with van der Waals surface area (Å²) in [5, 5.41) is 33.8. The van der Waals surface area contributed by atoms with Crippen molar-refractivity contribution in [2.45, 2.75) is 84.0 Å². The first-order chi connectivity index (χ1) is 39.0. The van der Waals surface area contributed by atoms with E-state index < -0.39 is 8.07 Å². The average Bonchev–Trinajstić information content (AvgIpc) is 4.44. The van der Waals surface area contributed by atoms with E-state index in [-0.39, 0.29) is 12.1 Å². The summed E-state index contributed by atoms with van der Waals surface area (Å²) in [5.74, 6) is 0.871. The van der Waals surface area contributed by atoms with Gasteiger partial charge in [0.05, 0.1) is 91.4 Å². The molecule has 2 saturated heterocycles. The molecule has 0 aliphatic carbocycles. The van der Waals surface area contributed by atoms with Crippen LogP contribution in [-0.2, 0) is 35.0 Å². The zero-order chi connectivity index (χ0) is 54.6. The summed E-state index contributed by atoms with van der Waals surface area (Å²) in [4.78, 5) is 10.2. The Bertz CT molecular complexity index is 4140. The van der Waals surface area contributed by atoms with Crippen LogP contribution in [-0.4, -0.2) is 110 Å². The van der Waals surface area contributed by atoms with Crippen LogP contribution in [0.2, 0.25) is 25.7 Å². The van der Waals surface area contributed by atoms with Crippen LogP contribution in [0.25, 0.3) is 88.2 Å². The molecule has 0 spiro atoms. The number of fused-ring (bicyclic) bond motifs is 10. The van der Waals surface area contributed by atoms with E-state index in [1.165, 1.54) is 16.6 Å². The van der Waals surface area contributed by atoms with Crippen LogP contribution in [0.1, 0.15) is 60.3 Å². The second kappa shape index (κ2) is 21.3. The van der Waals surface area contributed by atoms with Gasteiger partial charge in [0, 0.05) is 100 Å². The zero-order valence-electron chi connectivity index (χ0n) is 46.7. The van der Waals surface area contributed by atoms with Gasteiger partial charge in [-0.1, -0.05) is 90.7 Å². The predicted octanol–water partition coefficient (Wildman–Crippen LogP) is 12.2. The molecule has 2 aliphatic rings. The fourth-order valence-corrected chi connectivity index (χ4v) is 13.6. The Labute approximate surface area is 464 Å². The van der Waals surface area contributed by atoms with Crippen molar-refractivity contribution in [2.75, 3.05) is 33.0 Å². The van der Waals surface area contributed by atoms with E-state index in [9.17, 15) is 0 Å². The molecule has 0 amide bonds. The first kappa shape index (κ1) is 51.5. The minimum atomic E-state index is -1.17. The van der Waals surface area contributed by atoms with Gasteiger partial charge in [-0.25, -0.2) is 14.0 Å². The molecule has 408 valence electrons. The number of ether oxygens (including phenoxy) is 3. The molecule has 0 saturated carbocycles. The highest BCUT2D eigenvalue weighted by Crippen LogP contribution is 2.45. The summed E-state index contributed by atoms with van der Waals surface area (Å²) in [6.07, 6.45) is 11.9. The number of hydrogen-bond acceptors (Lipinski definition) is 11. The summed E-state index contributed by atoms with van der Waals surface area (Å²) in [6, 6.07) is 36.5. The van der Waals surface area contributed by atoms with Gasteiger partial charge in [0.2, 0.25) is 0 Å². The Morgan fingerprint density at radius 3 is 1.60 bits per heavy atom. The van der Waals surface area contributed by atoms with Gasteiger partial charge in [0.1, 0.15) is 6.73 Å². The monoisotopic (exact) mass is 1080 g/mol. The molecule has 0 radical (unpaired) electrons. The molecule has 1 N–H and O–H groups in total. The Morgan fingerprint density at radius 1 is 0.600 bits per heavy atom. The van der Waals surface area contributed by atoms with Crippen LogP contribution >= 0.6 is 0 Å². The molecule has 12 aromatic rings. The minimum absolute atomic E-state index is 0.125. The van der Waals surface area contributed by atoms with E-state index in [0.29, 0.717) is 18.6 Å². The SMILES string of the molecule is Cc1nnn(C)c1-c1cnc2c3c4cn[nH]c4ccc3n([C@H](c3ccccc3)C3CCOCC3)c2c1.Cc1nnn(C)c1-c1cnc2c3c4cnn(COCC[Si](C)(C)C)c4ccc3n([C@H](c3ccccc3)C3CCOCC3)c2c1. The number of benzene rings is 4. The lowest BCUT2D eigenvalue weighted by molar-refractivity contribution is 0.0552. The number of aromatic nitrogens is 14. The maximum absolute atomic E-state index is 6.11. The standard InChI is InChI=1S/C34H41N7O2Si.C28H27N7O/c1-23-33(39(2)38-37-23)26-19-30-32(35-20-26)31-27-21-36-40(22-43-17-18-44(3,4)5)28(27)11-12-29(31)41(30)34(24-9-7-6-8-10-24)25-13-15-42-16-14-25;1-17-27(34(2)33-31-17)20-14-24-26(29-15-20)25-21-16-30-32-22(21)8-9-23(25)35(24)28(18-6-4-3-5-7-18)19-10-12-36-13-11-19/h6-12,19-21,25,34H,13-18,22H2,1-5H3;3-9,14-16,19,28H,10-13H2,1-2H3,(H,30,32)/t34-;28-/m11/s1. The first-order valence-corrected chi connectivity index (χ1v) is 31.8. The molecule has 14 rings (SSSR count). The molecule has 8 aromatic heterocycles. The summed E-state index contributed by atoms with van der Waals surface area (Å²) in [5.41, 5.74) is 17.0. The summed E-state index contributed by atoms with van der Waals surface area (Å²) >= 11 is 0. The van der Waals surface area contributed by atoms with Gasteiger partial charge in [-0.05, 0) is 105 Å². The fourth-order valence-electron chi connectivity index (χ4n) is 12.8. The van der Waals surface area contributed by atoms with Crippen molar-refractivity contribution in [1.29, 1.82) is 0 Å². The highest BCUT2D eigenvalue weighted by atomic mass is 28.3. The Kier molecular flexibility index (Phi) is 13.7. The van der Waals surface area contributed by atoms with E-state index in [1.54, 1.807) is 0 Å². The van der Waals surface area contributed by atoms with Gasteiger partial charge in [0.25, 0.3) is 0 Å². The quantitative estimate of drug-likeness (QED) is 0.0860. The van der Waals surface area contributed by atoms with E-state index in [0.717, 1.165) is 159 Å². The third kappa shape index (κ3) is 9.36. The number of H-pyrrole nitrogens is 1. The summed E-state index contributed by atoms with van der Waals surface area (Å²) in [7, 11) is 2.70. The molecule has 18 heteroatoms. The largest absolute Gasteiger partial charge is 0.381 e. The van der Waals surface area contributed by atoms with E-state index in [4.69, 9.17) is 29.3 Å². The van der Waals surface area contributed by atoms with E-state index in [2.05, 4.69) is 157 Å². The average molecular weight is 1090 g/mol. The van der Waals surface area contributed by atoms with Gasteiger partial charge >= 0.3 is 0 Å². The van der Waals surface area contributed by atoms with Crippen molar-refractivity contribution in [2.24, 2.45) is 25.9 Å². The van der Waals surface area contributed by atoms with Crippen LogP contribution in [0.5, 0.6) is 0 Å². The topological polar surface area (TPSA) is 171 Å². The molecular formula is C62H68N14O3Si. The minimum Gasteiger partial charge on any atom is -0.381 e. The normalized spacial score (nSPS) is 15.7. The molecule has 0 unspecified atom stereocenters. The third-order valence-electron chi connectivity index (χ3n) is 16.7. The highest BCUT2D eigenvalue weighted by Gasteiger charge is 2.33. The Hall–Kier alpha value is -7.90. The zero-order valence-corrected chi connectivity index (χ0v) is 47.7. The summed E-state index contributed by atoms with van der Waals surface area (Å²) in [6.45, 7) is 15.5. The second-order valence-corrected chi connectivity index (χ2v) is 28.6. The molecule has 80 heavy (non-hydrogen) atoms. The van der Waals surface area contributed by atoms with Gasteiger partial charge in [0.15, 0.2) is 0 Å². The van der Waals surface area contributed by atoms with Gasteiger partial charge < -0.3 is 23.3 Å². The van der Waals surface area contributed by atoms with Crippen LogP contribution in [0.4, 0.5) is 0 Å². The van der Waals surface area contributed by atoms with E-state index in [1.807, 2.05) is 66.8 Å². The molecule has 17 nitrogen and oxygen atoms in total. The molecule has 0 bridgehead atoms. The lowest BCUT2D eigenvalue weighted by Gasteiger charge is -2.33. The number of rotatable bonds is 13. The molecule has 4 aromatic carbocycles. The van der Waals surface area contributed by atoms with Crippen molar-refractivity contribution >= 4 is 73.8 Å². The second-order valence-electron chi connectivity index (χ2n) is 23.0. The maximum Gasteiger partial charge on any atom is 0.139 e. The number of pyridine rings is 2. The van der Waals surface area contributed by atoms with Gasteiger partial charge in [-0.15, -0.1) is 10.2 Å². The Morgan fingerprint density at radius 2 is 1.10 bits per heavy atom. The molecule has 2 fully saturated rings. The molecular weight excluding hydrogens is 1020 g/mol. The van der Waals surface area contributed by atoms with Crippen LogP contribution in [0.15, 0.2) is 122 Å². The number of aryl methyl sites for hydroxylation is 4. The van der Waals surface area contributed by atoms with Crippen LogP contribution < -0.4 is 0 Å². The van der Waals surface area contributed by atoms with Crippen molar-refractivity contribution < 1.29 is 14.2 Å².